The molecule has 0 fully saturated rings. The fourth-order valence-electron chi connectivity index (χ4n) is 0.888. The molecule has 0 heteroatoms. The van der Waals surface area contributed by atoms with Crippen molar-refractivity contribution >= 4 is 0 Å². The molecule has 0 aliphatic rings. The molecule has 0 aliphatic carbocycles. The van der Waals surface area contributed by atoms with E-state index in [1.165, 1.54) is 37.7 Å². The second kappa shape index (κ2) is 30.3. The summed E-state index contributed by atoms with van der Waals surface area (Å²) >= 11 is 0. The summed E-state index contributed by atoms with van der Waals surface area (Å²) in [6, 6.07) is 10.3. The third kappa shape index (κ3) is 38.2. The van der Waals surface area contributed by atoms with E-state index in [0.29, 0.717) is 0 Å². The monoisotopic (exact) mass is 268 g/mol. The highest BCUT2D eigenvalue weighted by molar-refractivity contribution is 5.11. The van der Waals surface area contributed by atoms with Crippen LogP contribution < -0.4 is 0 Å². The SMILES string of the molecule is C.CC.CCCC.CCCCC.Cc1ccccc1. The molecule has 1 aromatic rings. The molecule has 0 radical (unpaired) electrons. The first-order chi connectivity index (χ1) is 8.72. The van der Waals surface area contributed by atoms with Gasteiger partial charge in [0.2, 0.25) is 0 Å². The van der Waals surface area contributed by atoms with E-state index in [1.807, 2.05) is 32.0 Å². The Morgan fingerprint density at radius 2 is 1.05 bits per heavy atom. The quantitative estimate of drug-likeness (QED) is 0.528. The fourth-order valence-corrected chi connectivity index (χ4v) is 0.888. The van der Waals surface area contributed by atoms with Crippen LogP contribution in [0.25, 0.3) is 0 Å². The van der Waals surface area contributed by atoms with Crippen molar-refractivity contribution in [1.82, 2.24) is 0 Å². The van der Waals surface area contributed by atoms with Gasteiger partial charge in [0.25, 0.3) is 0 Å². The molecule has 1 rings (SSSR count). The Bertz CT molecular complexity index is 184. The summed E-state index contributed by atoms with van der Waals surface area (Å²) in [6.45, 7) is 14.9. The predicted molar refractivity (Wildman–Crippen MR) is 95.0 cm³/mol. The Balaban J connectivity index is -0.0000000846. The lowest BCUT2D eigenvalue weighted by molar-refractivity contribution is 0.772. The van der Waals surface area contributed by atoms with Gasteiger partial charge in [-0.05, 0) is 6.92 Å². The van der Waals surface area contributed by atoms with Crippen molar-refractivity contribution in [3.05, 3.63) is 35.9 Å². The summed E-state index contributed by atoms with van der Waals surface area (Å²) in [5.74, 6) is 0. The number of unbranched alkanes of at least 4 members (excludes halogenated alkanes) is 3. The topological polar surface area (TPSA) is 0 Å². The summed E-state index contributed by atoms with van der Waals surface area (Å²) in [6.07, 6.45) is 6.72. The Hall–Kier alpha value is -0.780. The predicted octanol–water partition coefficient (Wildman–Crippen LogP) is 7.66. The number of hydrogen-bond acceptors (Lipinski definition) is 0. The maximum atomic E-state index is 2.21. The van der Waals surface area contributed by atoms with Crippen molar-refractivity contribution in [1.29, 1.82) is 0 Å². The van der Waals surface area contributed by atoms with Crippen LogP contribution in [-0.4, -0.2) is 0 Å². The first kappa shape index (κ1) is 26.7. The van der Waals surface area contributed by atoms with E-state index >= 15 is 0 Å². The van der Waals surface area contributed by atoms with E-state index in [2.05, 4.69) is 46.8 Å². The zero-order valence-electron chi connectivity index (χ0n) is 13.9. The molecule has 0 amide bonds. The van der Waals surface area contributed by atoms with Gasteiger partial charge in [-0.1, -0.05) is 117 Å². The van der Waals surface area contributed by atoms with Crippen molar-refractivity contribution in [2.24, 2.45) is 0 Å². The van der Waals surface area contributed by atoms with E-state index in [9.17, 15) is 0 Å². The molecule has 0 atom stereocenters. The number of rotatable bonds is 3. The van der Waals surface area contributed by atoms with Gasteiger partial charge in [-0.2, -0.15) is 0 Å². The normalized spacial score (nSPS) is 7.32. The highest BCUT2D eigenvalue weighted by Crippen LogP contribution is 1.92. The lowest BCUT2D eigenvalue weighted by Gasteiger charge is -1.82. The minimum atomic E-state index is 0. The maximum absolute atomic E-state index is 2.21. The van der Waals surface area contributed by atoms with Gasteiger partial charge in [0, 0.05) is 0 Å². The second-order valence-electron chi connectivity index (χ2n) is 4.01. The molecule has 116 valence electrons. The van der Waals surface area contributed by atoms with Crippen LogP contribution in [0.4, 0.5) is 0 Å². The van der Waals surface area contributed by atoms with Crippen LogP contribution in [0.5, 0.6) is 0 Å². The van der Waals surface area contributed by atoms with E-state index < -0.39 is 0 Å². The molecule has 1 aromatic carbocycles. The largest absolute Gasteiger partial charge is 0.0776 e. The van der Waals surface area contributed by atoms with Crippen molar-refractivity contribution in [2.45, 2.75) is 88.0 Å². The third-order valence-corrected chi connectivity index (χ3v) is 2.15. The van der Waals surface area contributed by atoms with Gasteiger partial charge in [-0.25, -0.2) is 0 Å². The van der Waals surface area contributed by atoms with Crippen LogP contribution in [0.1, 0.15) is 86.6 Å². The molecule has 19 heavy (non-hydrogen) atoms. The van der Waals surface area contributed by atoms with Crippen LogP contribution in [0.15, 0.2) is 30.3 Å². The Morgan fingerprint density at radius 1 is 0.684 bits per heavy atom. The van der Waals surface area contributed by atoms with Crippen molar-refractivity contribution in [3.8, 4) is 0 Å². The van der Waals surface area contributed by atoms with Crippen LogP contribution in [0.2, 0.25) is 0 Å². The summed E-state index contributed by atoms with van der Waals surface area (Å²) in [4.78, 5) is 0. The maximum Gasteiger partial charge on any atom is -0.0398 e. The molecule has 0 unspecified atom stereocenters. The van der Waals surface area contributed by atoms with Crippen molar-refractivity contribution < 1.29 is 0 Å². The summed E-state index contributed by atoms with van der Waals surface area (Å²) in [5.41, 5.74) is 1.32. The summed E-state index contributed by atoms with van der Waals surface area (Å²) in [5, 5.41) is 0. The van der Waals surface area contributed by atoms with E-state index in [4.69, 9.17) is 0 Å². The molecule has 0 aliphatic heterocycles. The average Bonchev–Trinajstić information content (AvgIpc) is 2.44. The Morgan fingerprint density at radius 3 is 1.16 bits per heavy atom. The summed E-state index contributed by atoms with van der Waals surface area (Å²) < 4.78 is 0. The number of benzene rings is 1. The molecule has 0 aromatic heterocycles. The molecule has 0 N–H and O–H groups in total. The average molecular weight is 269 g/mol. The molecule has 0 saturated heterocycles. The molecule has 0 bridgehead atoms. The first-order valence-corrected chi connectivity index (χ1v) is 7.74. The van der Waals surface area contributed by atoms with Gasteiger partial charge in [-0.3, -0.25) is 0 Å². The minimum Gasteiger partial charge on any atom is -0.0776 e. The van der Waals surface area contributed by atoms with Gasteiger partial charge >= 0.3 is 0 Å². The Labute approximate surface area is 124 Å². The molecular weight excluding hydrogens is 228 g/mol. The first-order valence-electron chi connectivity index (χ1n) is 7.74. The van der Waals surface area contributed by atoms with Gasteiger partial charge in [-0.15, -0.1) is 0 Å². The molecule has 0 spiro atoms. The van der Waals surface area contributed by atoms with Crippen molar-refractivity contribution in [3.63, 3.8) is 0 Å². The molecule has 0 heterocycles. The molecule has 0 saturated carbocycles. The lowest BCUT2D eigenvalue weighted by Crippen LogP contribution is -1.62. The van der Waals surface area contributed by atoms with Gasteiger partial charge in [0.05, 0.1) is 0 Å². The van der Waals surface area contributed by atoms with E-state index in [1.54, 1.807) is 0 Å². The highest BCUT2D eigenvalue weighted by Gasteiger charge is 1.72. The van der Waals surface area contributed by atoms with Crippen LogP contribution in [0.3, 0.4) is 0 Å². The van der Waals surface area contributed by atoms with E-state index in [-0.39, 0.29) is 7.43 Å². The van der Waals surface area contributed by atoms with Crippen LogP contribution in [-0.2, 0) is 0 Å². The number of aryl methyl sites for hydroxylation is 1. The zero-order chi connectivity index (χ0) is 14.6. The number of hydrogen-bond donors (Lipinski definition) is 0. The van der Waals surface area contributed by atoms with E-state index in [0.717, 1.165) is 0 Å². The highest BCUT2D eigenvalue weighted by atomic mass is 13.8. The van der Waals surface area contributed by atoms with Gasteiger partial charge < -0.3 is 0 Å². The summed E-state index contributed by atoms with van der Waals surface area (Å²) in [7, 11) is 0. The molecule has 0 nitrogen and oxygen atoms in total. The Kier molecular flexibility index (Phi) is 42.7. The van der Waals surface area contributed by atoms with Crippen LogP contribution in [0, 0.1) is 6.92 Å². The van der Waals surface area contributed by atoms with Gasteiger partial charge in [0.1, 0.15) is 0 Å². The van der Waals surface area contributed by atoms with Crippen LogP contribution >= 0.6 is 0 Å². The van der Waals surface area contributed by atoms with Gasteiger partial charge in [0.15, 0.2) is 0 Å². The molecular formula is C19H40. The lowest BCUT2D eigenvalue weighted by atomic mass is 10.2. The second-order valence-corrected chi connectivity index (χ2v) is 4.01. The zero-order valence-corrected chi connectivity index (χ0v) is 13.9. The van der Waals surface area contributed by atoms with Crippen molar-refractivity contribution in [2.75, 3.05) is 0 Å². The smallest absolute Gasteiger partial charge is 0.0398 e. The third-order valence-electron chi connectivity index (χ3n) is 2.15. The minimum absolute atomic E-state index is 0. The standard InChI is InChI=1S/C7H8.C5H12.C4H10.C2H6.CH4/c1-7-5-3-2-4-6-7;1-3-5-4-2;1-3-4-2;1-2;/h2-6H,1H3;3-5H2,1-2H3;3-4H2,1-2H3;1-2H3;1H4. The fraction of sp³-hybridized carbons (Fsp3) is 0.684.